The Morgan fingerprint density at radius 3 is 3.09 bits per heavy atom. The number of nitrogens with one attached hydrogen (secondary N) is 2. The van der Waals surface area contributed by atoms with Crippen LogP contribution >= 0.6 is 0 Å². The average molecular weight is 149 g/mol. The van der Waals surface area contributed by atoms with E-state index in [0.29, 0.717) is 0 Å². The molecule has 0 bridgehead atoms. The minimum atomic E-state index is 0.718. The first kappa shape index (κ1) is 6.34. The molecule has 0 aromatic heterocycles. The minimum absolute atomic E-state index is 0.718. The van der Waals surface area contributed by atoms with Crippen molar-refractivity contribution in [2.75, 3.05) is 0 Å². The molecule has 0 saturated heterocycles. The van der Waals surface area contributed by atoms with Crippen molar-refractivity contribution in [3.63, 3.8) is 0 Å². The lowest BCUT2D eigenvalue weighted by molar-refractivity contribution is 0.738. The van der Waals surface area contributed by atoms with Crippen LogP contribution in [0.1, 0.15) is 13.3 Å². The van der Waals surface area contributed by atoms with Crippen molar-refractivity contribution in [3.8, 4) is 0 Å². The van der Waals surface area contributed by atoms with E-state index in [-0.39, 0.29) is 0 Å². The van der Waals surface area contributed by atoms with Crippen LogP contribution in [0.15, 0.2) is 34.8 Å². The zero-order chi connectivity index (χ0) is 7.84. The second-order valence-corrected chi connectivity index (χ2v) is 2.89. The first-order valence-corrected chi connectivity index (χ1v) is 3.67. The molecule has 0 amide bonds. The molecule has 1 aliphatic carbocycles. The number of fused-ring (bicyclic) bond motifs is 1. The molecular formula is C8H11N3. The molecule has 3 nitrogen and oxygen atoms in total. The Morgan fingerprint density at radius 1 is 1.45 bits per heavy atom. The summed E-state index contributed by atoms with van der Waals surface area (Å²) in [6.45, 7) is 2.10. The number of hydrogen-bond acceptors (Lipinski definition) is 3. The topological polar surface area (TPSA) is 50.1 Å². The van der Waals surface area contributed by atoms with Crippen LogP contribution in [0.3, 0.4) is 0 Å². The van der Waals surface area contributed by atoms with Crippen LogP contribution in [0.5, 0.6) is 0 Å². The highest BCUT2D eigenvalue weighted by molar-refractivity contribution is 5.48. The van der Waals surface area contributed by atoms with Crippen LogP contribution in [0.25, 0.3) is 0 Å². The Morgan fingerprint density at radius 2 is 2.27 bits per heavy atom. The smallest absolute Gasteiger partial charge is 0.124 e. The standard InChI is InChI=1S/C8H11N3/c1-5-2-3-7-6(4-5)8(9)11-10-7/h3-4,10-11H,2,9H2,1H3. The highest BCUT2D eigenvalue weighted by Crippen LogP contribution is 2.23. The molecule has 2 aliphatic rings. The lowest BCUT2D eigenvalue weighted by atomic mass is 10.0. The van der Waals surface area contributed by atoms with Gasteiger partial charge in [-0.2, -0.15) is 0 Å². The fourth-order valence-corrected chi connectivity index (χ4v) is 1.30. The van der Waals surface area contributed by atoms with Gasteiger partial charge in [0.1, 0.15) is 5.82 Å². The Kier molecular flexibility index (Phi) is 1.18. The quantitative estimate of drug-likeness (QED) is 0.470. The summed E-state index contributed by atoms with van der Waals surface area (Å²) < 4.78 is 0. The van der Waals surface area contributed by atoms with Gasteiger partial charge in [0.2, 0.25) is 0 Å². The Balaban J connectivity index is 2.43. The van der Waals surface area contributed by atoms with Gasteiger partial charge in [-0.15, -0.1) is 0 Å². The van der Waals surface area contributed by atoms with Gasteiger partial charge < -0.3 is 5.73 Å². The maximum Gasteiger partial charge on any atom is 0.124 e. The van der Waals surface area contributed by atoms with Gasteiger partial charge in [-0.05, 0) is 19.4 Å². The maximum atomic E-state index is 5.67. The second kappa shape index (κ2) is 2.05. The zero-order valence-electron chi connectivity index (χ0n) is 6.44. The molecule has 0 atom stereocenters. The minimum Gasteiger partial charge on any atom is -0.384 e. The van der Waals surface area contributed by atoms with Gasteiger partial charge in [-0.25, -0.2) is 0 Å². The third kappa shape index (κ3) is 0.888. The van der Waals surface area contributed by atoms with E-state index in [0.717, 1.165) is 23.5 Å². The summed E-state index contributed by atoms with van der Waals surface area (Å²) in [4.78, 5) is 0. The van der Waals surface area contributed by atoms with E-state index < -0.39 is 0 Å². The molecule has 11 heavy (non-hydrogen) atoms. The number of nitrogens with two attached hydrogens (primary N) is 1. The molecule has 0 unspecified atom stereocenters. The SMILES string of the molecule is CC1=CC2=C(N)NNC2=CC1. The van der Waals surface area contributed by atoms with Crippen LogP contribution < -0.4 is 16.6 Å². The van der Waals surface area contributed by atoms with E-state index in [1.165, 1.54) is 5.57 Å². The predicted octanol–water partition coefficient (Wildman–Crippen LogP) is 0.498. The van der Waals surface area contributed by atoms with Crippen LogP contribution in [0, 0.1) is 0 Å². The van der Waals surface area contributed by atoms with E-state index in [1.807, 2.05) is 0 Å². The van der Waals surface area contributed by atoms with Gasteiger partial charge in [0.05, 0.1) is 5.70 Å². The summed E-state index contributed by atoms with van der Waals surface area (Å²) in [6, 6.07) is 0. The molecular weight excluding hydrogens is 138 g/mol. The average Bonchev–Trinajstić information content (AvgIpc) is 2.33. The van der Waals surface area contributed by atoms with Gasteiger partial charge >= 0.3 is 0 Å². The molecule has 0 radical (unpaired) electrons. The monoisotopic (exact) mass is 149 g/mol. The van der Waals surface area contributed by atoms with Crippen molar-refractivity contribution in [1.29, 1.82) is 0 Å². The molecule has 0 fully saturated rings. The summed E-state index contributed by atoms with van der Waals surface area (Å²) >= 11 is 0. The van der Waals surface area contributed by atoms with Crippen LogP contribution in [-0.4, -0.2) is 0 Å². The number of hydrazine groups is 1. The normalized spacial score (nSPS) is 21.5. The third-order valence-electron chi connectivity index (χ3n) is 1.93. The fraction of sp³-hybridized carbons (Fsp3) is 0.250. The summed E-state index contributed by atoms with van der Waals surface area (Å²) in [6.07, 6.45) is 5.26. The highest BCUT2D eigenvalue weighted by Gasteiger charge is 2.16. The summed E-state index contributed by atoms with van der Waals surface area (Å²) in [5.41, 5.74) is 15.1. The van der Waals surface area contributed by atoms with E-state index in [2.05, 4.69) is 29.9 Å². The van der Waals surface area contributed by atoms with Crippen molar-refractivity contribution in [3.05, 3.63) is 34.8 Å². The lowest BCUT2D eigenvalue weighted by Gasteiger charge is -2.07. The van der Waals surface area contributed by atoms with Crippen molar-refractivity contribution in [2.24, 2.45) is 5.73 Å². The van der Waals surface area contributed by atoms with Crippen LogP contribution in [0.4, 0.5) is 0 Å². The molecule has 0 spiro atoms. The summed E-state index contributed by atoms with van der Waals surface area (Å²) in [5, 5.41) is 0. The van der Waals surface area contributed by atoms with Crippen molar-refractivity contribution in [2.45, 2.75) is 13.3 Å². The third-order valence-corrected chi connectivity index (χ3v) is 1.93. The van der Waals surface area contributed by atoms with Crippen LogP contribution in [0.2, 0.25) is 0 Å². The fourth-order valence-electron chi connectivity index (χ4n) is 1.30. The van der Waals surface area contributed by atoms with Gasteiger partial charge in [-0.3, -0.25) is 10.9 Å². The van der Waals surface area contributed by atoms with E-state index in [9.17, 15) is 0 Å². The van der Waals surface area contributed by atoms with Crippen molar-refractivity contribution < 1.29 is 0 Å². The van der Waals surface area contributed by atoms with Gasteiger partial charge in [0.25, 0.3) is 0 Å². The lowest BCUT2D eigenvalue weighted by Crippen LogP contribution is -2.26. The second-order valence-electron chi connectivity index (χ2n) is 2.89. The first-order valence-electron chi connectivity index (χ1n) is 3.67. The number of allylic oxidation sites excluding steroid dienone is 3. The van der Waals surface area contributed by atoms with Gasteiger partial charge in [-0.1, -0.05) is 11.6 Å². The van der Waals surface area contributed by atoms with E-state index in [1.54, 1.807) is 0 Å². The largest absolute Gasteiger partial charge is 0.384 e. The van der Waals surface area contributed by atoms with Crippen LogP contribution in [-0.2, 0) is 0 Å². The summed E-state index contributed by atoms with van der Waals surface area (Å²) in [5.74, 6) is 0.718. The van der Waals surface area contributed by atoms with Crippen molar-refractivity contribution in [1.82, 2.24) is 10.9 Å². The van der Waals surface area contributed by atoms with Gasteiger partial charge in [0.15, 0.2) is 0 Å². The summed E-state index contributed by atoms with van der Waals surface area (Å²) in [7, 11) is 0. The van der Waals surface area contributed by atoms with Gasteiger partial charge in [0, 0.05) is 5.57 Å². The first-order chi connectivity index (χ1) is 5.27. The van der Waals surface area contributed by atoms with E-state index >= 15 is 0 Å². The zero-order valence-corrected chi connectivity index (χ0v) is 6.44. The number of rotatable bonds is 0. The van der Waals surface area contributed by atoms with Crippen molar-refractivity contribution >= 4 is 0 Å². The molecule has 3 heteroatoms. The molecule has 1 aliphatic heterocycles. The predicted molar refractivity (Wildman–Crippen MR) is 43.9 cm³/mol. The Hall–Kier alpha value is -1.38. The number of hydrogen-bond donors (Lipinski definition) is 3. The maximum absolute atomic E-state index is 5.67. The molecule has 0 saturated carbocycles. The molecule has 4 N–H and O–H groups in total. The Bertz CT molecular complexity index is 284. The molecule has 2 rings (SSSR count). The van der Waals surface area contributed by atoms with E-state index in [4.69, 9.17) is 5.73 Å². The molecule has 58 valence electrons. The molecule has 1 heterocycles. The molecule has 0 aromatic rings. The Labute approximate surface area is 65.6 Å². The highest BCUT2D eigenvalue weighted by atomic mass is 15.4. The molecule has 0 aromatic carbocycles.